The maximum Gasteiger partial charge on any atom is 0.258 e. The van der Waals surface area contributed by atoms with Gasteiger partial charge < -0.3 is 19.8 Å². The van der Waals surface area contributed by atoms with E-state index in [0.717, 1.165) is 6.07 Å². The fourth-order valence-corrected chi connectivity index (χ4v) is 7.12. The van der Waals surface area contributed by atoms with Crippen LogP contribution in [-0.2, 0) is 22.6 Å². The van der Waals surface area contributed by atoms with Gasteiger partial charge in [-0.1, -0.05) is 42.3 Å². The molecule has 1 unspecified atom stereocenters. The van der Waals surface area contributed by atoms with Crippen molar-refractivity contribution < 1.29 is 28.5 Å². The van der Waals surface area contributed by atoms with Gasteiger partial charge in [0, 0.05) is 36.1 Å². The van der Waals surface area contributed by atoms with Crippen molar-refractivity contribution in [1.82, 2.24) is 19.8 Å². The van der Waals surface area contributed by atoms with Crippen LogP contribution in [0.4, 0.5) is 8.78 Å². The second kappa shape index (κ2) is 12.5. The van der Waals surface area contributed by atoms with Crippen molar-refractivity contribution >= 4 is 29.1 Å². The van der Waals surface area contributed by atoms with Crippen molar-refractivity contribution in [2.45, 2.75) is 68.7 Å². The molecule has 2 aromatic carbocycles. The molecule has 46 heavy (non-hydrogen) atoms. The summed E-state index contributed by atoms with van der Waals surface area (Å²) in [6.45, 7) is 2.31. The molecule has 1 saturated carbocycles. The number of nitrogens with zero attached hydrogens (tertiary/aromatic N) is 4. The maximum atomic E-state index is 16.9. The highest BCUT2D eigenvalue weighted by molar-refractivity contribution is 6.30. The van der Waals surface area contributed by atoms with E-state index < -0.39 is 34.8 Å². The molecule has 12 heteroatoms. The molecular weight excluding hydrogens is 637 g/mol. The molecule has 3 aromatic rings. The zero-order valence-corrected chi connectivity index (χ0v) is 27.1. The summed E-state index contributed by atoms with van der Waals surface area (Å²) in [6.07, 6.45) is 6.78. The molecule has 2 aliphatic heterocycles. The Kier molecular flexibility index (Phi) is 8.88. The van der Waals surface area contributed by atoms with Crippen LogP contribution in [0.15, 0.2) is 61.1 Å². The van der Waals surface area contributed by atoms with E-state index in [0.29, 0.717) is 41.5 Å². The van der Waals surface area contributed by atoms with Crippen LogP contribution in [0.25, 0.3) is 0 Å². The van der Waals surface area contributed by atoms with Crippen LogP contribution in [0.3, 0.4) is 0 Å². The number of amides is 1. The van der Waals surface area contributed by atoms with Gasteiger partial charge in [-0.25, -0.2) is 18.7 Å². The molecule has 8 nitrogen and oxygen atoms in total. The third-order valence-electron chi connectivity index (χ3n) is 9.74. The van der Waals surface area contributed by atoms with Gasteiger partial charge in [-0.2, -0.15) is 0 Å². The van der Waals surface area contributed by atoms with E-state index in [-0.39, 0.29) is 54.2 Å². The lowest BCUT2D eigenvalue weighted by molar-refractivity contribution is -0.136. The van der Waals surface area contributed by atoms with Gasteiger partial charge in [-0.3, -0.25) is 9.69 Å². The minimum Gasteiger partial charge on any atom is -0.467 e. The highest BCUT2D eigenvalue weighted by Gasteiger charge is 2.58. The normalized spacial score (nSPS) is 25.7. The number of piperidine rings is 1. The van der Waals surface area contributed by atoms with Gasteiger partial charge in [0.05, 0.1) is 35.1 Å². The number of hydrogen-bond donors (Lipinski definition) is 2. The van der Waals surface area contributed by atoms with Crippen LogP contribution in [0, 0.1) is 11.7 Å². The summed E-state index contributed by atoms with van der Waals surface area (Å²) in [4.78, 5) is 26.3. The fourth-order valence-electron chi connectivity index (χ4n) is 6.90. The predicted molar refractivity (Wildman–Crippen MR) is 169 cm³/mol. The molecular formula is C34H36Cl2F2N4O4. The molecule has 2 fully saturated rings. The Hall–Kier alpha value is -3.15. The van der Waals surface area contributed by atoms with E-state index in [1.54, 1.807) is 37.3 Å². The first-order chi connectivity index (χ1) is 21.9. The first-order valence-electron chi connectivity index (χ1n) is 15.4. The highest BCUT2D eigenvalue weighted by atomic mass is 35.5. The number of benzene rings is 2. The standard InChI is InChI=1S/C34H36Cl2F2N4O4/c1-3-33(45,32(38)9-11-41(2)12-10-32)23-16-27-30(28(37)17-23)34(22-4-6-24(35)7-5-22,46-13-8-21-14-26(43)15-21)42(31(27)44)20-29-39-18-25(36)19-40-29/h4-8,13,16-19,21,26,43,45H,3,9-12,14-15,20H2,1-2H3/b13-8+/t21-,26+,33?,34-/m1/s1. The molecule has 0 radical (unpaired) electrons. The number of allylic oxidation sites excluding steroid dienone is 1. The van der Waals surface area contributed by atoms with Gasteiger partial charge in [0.2, 0.25) is 5.72 Å². The highest BCUT2D eigenvalue weighted by Crippen LogP contribution is 2.51. The van der Waals surface area contributed by atoms with Crippen LogP contribution in [-0.4, -0.2) is 67.8 Å². The summed E-state index contributed by atoms with van der Waals surface area (Å²) >= 11 is 12.3. The summed E-state index contributed by atoms with van der Waals surface area (Å²) in [5.74, 6) is -1.19. The molecule has 3 heterocycles. The minimum absolute atomic E-state index is 0.0137. The van der Waals surface area contributed by atoms with Gasteiger partial charge >= 0.3 is 0 Å². The number of aliphatic hydroxyl groups is 2. The number of ether oxygens (including phenoxy) is 1. The largest absolute Gasteiger partial charge is 0.467 e. The van der Waals surface area contributed by atoms with Gasteiger partial charge in [0.1, 0.15) is 22.9 Å². The summed E-state index contributed by atoms with van der Waals surface area (Å²) < 4.78 is 40.0. The predicted octanol–water partition coefficient (Wildman–Crippen LogP) is 6.11. The fraction of sp³-hybridized carbons (Fsp3) is 0.441. The Balaban J connectivity index is 1.53. The molecule has 1 amide bonds. The Morgan fingerprint density at radius 1 is 1.11 bits per heavy atom. The van der Waals surface area contributed by atoms with Crippen molar-refractivity contribution in [2.75, 3.05) is 20.1 Å². The number of aromatic nitrogens is 2. The number of fused-ring (bicyclic) bond motifs is 1. The monoisotopic (exact) mass is 672 g/mol. The van der Waals surface area contributed by atoms with Crippen molar-refractivity contribution in [2.24, 2.45) is 5.92 Å². The number of halogens is 4. The zero-order chi connectivity index (χ0) is 32.9. The summed E-state index contributed by atoms with van der Waals surface area (Å²) in [5.41, 5.74) is -5.72. The van der Waals surface area contributed by atoms with Crippen LogP contribution >= 0.6 is 23.2 Å². The number of likely N-dealkylation sites (tertiary alicyclic amines) is 1. The van der Waals surface area contributed by atoms with Crippen molar-refractivity contribution in [3.05, 3.63) is 105 Å². The van der Waals surface area contributed by atoms with Gasteiger partial charge in [-0.15, -0.1) is 0 Å². The van der Waals surface area contributed by atoms with E-state index in [9.17, 15) is 15.0 Å². The van der Waals surface area contributed by atoms with E-state index in [2.05, 4.69) is 9.97 Å². The molecule has 2 N–H and O–H groups in total. The summed E-state index contributed by atoms with van der Waals surface area (Å²) in [7, 11) is 1.88. The first kappa shape index (κ1) is 32.8. The zero-order valence-electron chi connectivity index (χ0n) is 25.6. The number of alkyl halides is 1. The molecule has 3 aliphatic rings. The topological polar surface area (TPSA) is 99.0 Å². The molecule has 2 atom stereocenters. The van der Waals surface area contributed by atoms with Crippen LogP contribution in [0.2, 0.25) is 10.0 Å². The Morgan fingerprint density at radius 2 is 1.76 bits per heavy atom. The van der Waals surface area contributed by atoms with Gasteiger partial charge in [0.25, 0.3) is 5.91 Å². The van der Waals surface area contributed by atoms with E-state index in [1.807, 2.05) is 11.9 Å². The minimum atomic E-state index is -2.05. The van der Waals surface area contributed by atoms with E-state index in [1.165, 1.54) is 29.6 Å². The SMILES string of the molecule is CCC(O)(c1cc(F)c2c(c1)C(=O)N(Cc1ncc(Cl)cn1)[C@@]2(O/C=C/[C@H]1C[C@@H](O)C1)c1ccc(Cl)cc1)C1(F)CCN(C)CC1. The number of aliphatic hydroxyl groups excluding tert-OH is 1. The third-order valence-corrected chi connectivity index (χ3v) is 10.2. The second-order valence-electron chi connectivity index (χ2n) is 12.6. The lowest BCUT2D eigenvalue weighted by Crippen LogP contribution is -2.54. The quantitative estimate of drug-likeness (QED) is 0.265. The Labute approximate surface area is 276 Å². The van der Waals surface area contributed by atoms with Crippen LogP contribution in [0.1, 0.15) is 71.9 Å². The van der Waals surface area contributed by atoms with E-state index in [4.69, 9.17) is 27.9 Å². The van der Waals surface area contributed by atoms with Crippen LogP contribution < -0.4 is 0 Å². The Morgan fingerprint density at radius 3 is 2.37 bits per heavy atom. The second-order valence-corrected chi connectivity index (χ2v) is 13.4. The first-order valence-corrected chi connectivity index (χ1v) is 16.2. The summed E-state index contributed by atoms with van der Waals surface area (Å²) in [5, 5.41) is 22.5. The molecule has 6 rings (SSSR count). The molecule has 1 aromatic heterocycles. The average Bonchev–Trinajstić information content (AvgIpc) is 3.26. The molecule has 0 bridgehead atoms. The molecule has 244 valence electrons. The average molecular weight is 674 g/mol. The molecule has 1 aliphatic carbocycles. The van der Waals surface area contributed by atoms with E-state index >= 15 is 8.78 Å². The number of carbonyl (C=O) groups is 1. The van der Waals surface area contributed by atoms with Crippen molar-refractivity contribution in [3.63, 3.8) is 0 Å². The lowest BCUT2D eigenvalue weighted by atomic mass is 9.71. The molecule has 0 spiro atoms. The van der Waals surface area contributed by atoms with Crippen LogP contribution in [0.5, 0.6) is 0 Å². The number of carbonyl (C=O) groups excluding carboxylic acids is 1. The van der Waals surface area contributed by atoms with Crippen molar-refractivity contribution in [3.8, 4) is 0 Å². The molecule has 1 saturated heterocycles. The van der Waals surface area contributed by atoms with Crippen molar-refractivity contribution in [1.29, 1.82) is 0 Å². The number of rotatable bonds is 9. The summed E-state index contributed by atoms with van der Waals surface area (Å²) in [6, 6.07) is 9.04. The maximum absolute atomic E-state index is 16.9. The number of hydrogen-bond acceptors (Lipinski definition) is 7. The van der Waals surface area contributed by atoms with Gasteiger partial charge in [0.15, 0.2) is 0 Å². The Bertz CT molecular complexity index is 1630. The third kappa shape index (κ3) is 5.58. The lowest BCUT2D eigenvalue weighted by Gasteiger charge is -2.46. The smallest absolute Gasteiger partial charge is 0.258 e. The van der Waals surface area contributed by atoms with Gasteiger partial charge in [-0.05, 0) is 81.0 Å².